The van der Waals surface area contributed by atoms with Crippen molar-refractivity contribution in [3.05, 3.63) is 77.8 Å². The molecule has 4 atom stereocenters. The number of nitrogens with one attached hydrogen (secondary N) is 3. The Balaban J connectivity index is 0.000000228. The maximum Gasteiger partial charge on any atom is 0.0623 e. The van der Waals surface area contributed by atoms with Crippen LogP contribution in [0.2, 0.25) is 5.02 Å². The number of likely N-dealkylation sites (tertiary alicyclic amines) is 1. The molecule has 45 heavy (non-hydrogen) atoms. The molecule has 4 nitrogen and oxygen atoms in total. The summed E-state index contributed by atoms with van der Waals surface area (Å²) in [6.07, 6.45) is 13.5. The molecule has 2 aliphatic carbocycles. The number of benzene rings is 1. The lowest BCUT2D eigenvalue weighted by Gasteiger charge is -2.22. The first-order valence-corrected chi connectivity index (χ1v) is 17.8. The quantitative estimate of drug-likeness (QED) is 0.228. The summed E-state index contributed by atoms with van der Waals surface area (Å²) in [5, 5.41) is 8.75. The van der Waals surface area contributed by atoms with Crippen molar-refractivity contribution >= 4 is 28.2 Å². The van der Waals surface area contributed by atoms with Crippen molar-refractivity contribution in [3.8, 4) is 0 Å². The van der Waals surface area contributed by atoms with Gasteiger partial charge in [0, 0.05) is 54.4 Å². The monoisotopic (exact) mass is 634 g/mol. The predicted octanol–water partition coefficient (Wildman–Crippen LogP) is 10.9. The highest BCUT2D eigenvalue weighted by molar-refractivity contribution is 6.35. The first kappa shape index (κ1) is 36.9. The van der Waals surface area contributed by atoms with Crippen LogP contribution in [-0.2, 0) is 0 Å². The SMILES string of the molecule is C.C=C(NCCC1CCCC1)C(=C)C(C)CC1CCNC1=C.C=C(c1cc2c(Cl)cc(C)cc2[nH]1)N1CC2CCCC2C1.CC. The number of aromatic nitrogens is 1. The fourth-order valence-corrected chi connectivity index (χ4v) is 8.13. The Morgan fingerprint density at radius 2 is 1.67 bits per heavy atom. The average molecular weight is 635 g/mol. The molecule has 0 spiro atoms. The van der Waals surface area contributed by atoms with E-state index in [-0.39, 0.29) is 7.43 Å². The van der Waals surface area contributed by atoms with Gasteiger partial charge >= 0.3 is 0 Å². The average Bonchev–Trinajstić information content (AvgIpc) is 3.84. The summed E-state index contributed by atoms with van der Waals surface area (Å²) in [4.78, 5) is 5.95. The molecule has 1 aromatic heterocycles. The van der Waals surface area contributed by atoms with Crippen LogP contribution in [-0.4, -0.2) is 36.1 Å². The first-order chi connectivity index (χ1) is 21.2. The molecule has 2 saturated carbocycles. The Kier molecular flexibility index (Phi) is 14.2. The van der Waals surface area contributed by atoms with E-state index in [4.69, 9.17) is 11.6 Å². The number of fused-ring (bicyclic) bond motifs is 2. The minimum atomic E-state index is 0. The highest BCUT2D eigenvalue weighted by Gasteiger charge is 2.36. The van der Waals surface area contributed by atoms with Gasteiger partial charge in [-0.05, 0) is 92.0 Å². The predicted molar refractivity (Wildman–Crippen MR) is 199 cm³/mol. The second-order valence-electron chi connectivity index (χ2n) is 13.6. The molecule has 4 fully saturated rings. The van der Waals surface area contributed by atoms with Gasteiger partial charge in [-0.3, -0.25) is 0 Å². The molecule has 3 N–H and O–H groups in total. The molecule has 2 aromatic rings. The van der Waals surface area contributed by atoms with Crippen molar-refractivity contribution in [2.24, 2.45) is 29.6 Å². The molecule has 3 heterocycles. The largest absolute Gasteiger partial charge is 0.389 e. The van der Waals surface area contributed by atoms with Gasteiger partial charge in [0.2, 0.25) is 0 Å². The van der Waals surface area contributed by atoms with E-state index in [0.717, 1.165) is 70.3 Å². The molecule has 0 radical (unpaired) electrons. The van der Waals surface area contributed by atoms with E-state index in [1.807, 2.05) is 19.9 Å². The lowest BCUT2D eigenvalue weighted by Crippen LogP contribution is -2.20. The van der Waals surface area contributed by atoms with Crippen LogP contribution in [0, 0.1) is 36.5 Å². The van der Waals surface area contributed by atoms with E-state index in [2.05, 4.69) is 72.8 Å². The molecule has 6 rings (SSSR count). The van der Waals surface area contributed by atoms with Crippen molar-refractivity contribution in [2.75, 3.05) is 26.2 Å². The fraction of sp³-hybridized carbons (Fsp3) is 0.600. The fourth-order valence-electron chi connectivity index (χ4n) is 7.80. The van der Waals surface area contributed by atoms with Crippen LogP contribution in [0.15, 0.2) is 61.5 Å². The smallest absolute Gasteiger partial charge is 0.0623 e. The number of hydrogen-bond acceptors (Lipinski definition) is 3. The topological polar surface area (TPSA) is 43.1 Å². The third kappa shape index (κ3) is 9.47. The highest BCUT2D eigenvalue weighted by atomic mass is 35.5. The molecule has 4 aliphatic rings. The van der Waals surface area contributed by atoms with Crippen molar-refractivity contribution < 1.29 is 0 Å². The summed E-state index contributed by atoms with van der Waals surface area (Å²) >= 11 is 6.35. The lowest BCUT2D eigenvalue weighted by molar-refractivity contribution is 0.442. The number of halogens is 1. The number of rotatable bonds is 10. The summed E-state index contributed by atoms with van der Waals surface area (Å²) < 4.78 is 0. The summed E-state index contributed by atoms with van der Waals surface area (Å²) in [7, 11) is 0. The molecule has 0 amide bonds. The molecule has 4 unspecified atom stereocenters. The Morgan fingerprint density at radius 3 is 2.29 bits per heavy atom. The number of nitrogens with zero attached hydrogens (tertiary/aromatic N) is 1. The maximum atomic E-state index is 6.35. The van der Waals surface area contributed by atoms with Gasteiger partial charge in [0.05, 0.1) is 16.4 Å². The molecular weight excluding hydrogens is 572 g/mol. The van der Waals surface area contributed by atoms with Crippen molar-refractivity contribution in [2.45, 2.75) is 99.3 Å². The Bertz CT molecular complexity index is 1290. The van der Waals surface area contributed by atoms with E-state index in [9.17, 15) is 0 Å². The summed E-state index contributed by atoms with van der Waals surface area (Å²) in [5.74, 6) is 3.78. The summed E-state index contributed by atoms with van der Waals surface area (Å²) in [6, 6.07) is 6.31. The van der Waals surface area contributed by atoms with E-state index < -0.39 is 0 Å². The third-order valence-electron chi connectivity index (χ3n) is 10.6. The van der Waals surface area contributed by atoms with Crippen LogP contribution in [0.4, 0.5) is 0 Å². The van der Waals surface area contributed by atoms with Gasteiger partial charge in [-0.1, -0.05) is 98.2 Å². The Labute approximate surface area is 280 Å². The van der Waals surface area contributed by atoms with Gasteiger partial charge in [-0.15, -0.1) is 0 Å². The number of hydrogen-bond donors (Lipinski definition) is 3. The first-order valence-electron chi connectivity index (χ1n) is 17.5. The van der Waals surface area contributed by atoms with Crippen LogP contribution in [0.3, 0.4) is 0 Å². The molecule has 2 saturated heterocycles. The second-order valence-corrected chi connectivity index (χ2v) is 14.0. The van der Waals surface area contributed by atoms with E-state index in [0.29, 0.717) is 11.8 Å². The van der Waals surface area contributed by atoms with Crippen LogP contribution < -0.4 is 10.6 Å². The molecule has 1 aromatic carbocycles. The number of aryl methyl sites for hydroxylation is 1. The lowest BCUT2D eigenvalue weighted by atomic mass is 9.88. The van der Waals surface area contributed by atoms with Crippen molar-refractivity contribution in [3.63, 3.8) is 0 Å². The highest BCUT2D eigenvalue weighted by Crippen LogP contribution is 2.41. The van der Waals surface area contributed by atoms with Crippen LogP contribution in [0.1, 0.15) is 104 Å². The second kappa shape index (κ2) is 17.4. The maximum absolute atomic E-state index is 6.35. The molecule has 5 heteroatoms. The normalized spacial score (nSPS) is 22.8. The van der Waals surface area contributed by atoms with Crippen molar-refractivity contribution in [1.82, 2.24) is 20.5 Å². The minimum absolute atomic E-state index is 0. The van der Waals surface area contributed by atoms with Crippen LogP contribution in [0.25, 0.3) is 16.6 Å². The van der Waals surface area contributed by atoms with Gasteiger partial charge < -0.3 is 20.5 Å². The number of allylic oxidation sites excluding steroid dienone is 2. The zero-order valence-corrected chi connectivity index (χ0v) is 28.9. The van der Waals surface area contributed by atoms with Crippen LogP contribution in [0.5, 0.6) is 0 Å². The molecule has 2 aliphatic heterocycles. The Hall–Kier alpha value is -2.59. The minimum Gasteiger partial charge on any atom is -0.389 e. The summed E-state index contributed by atoms with van der Waals surface area (Å²) in [6.45, 7) is 29.7. The number of H-pyrrole nitrogens is 1. The van der Waals surface area contributed by atoms with E-state index >= 15 is 0 Å². The standard InChI is InChI=1S/C19H32N2.C18H21ClN2.C2H6.CH4/c1-14(13-19-10-12-21-17(19)4)15(2)16(3)20-11-9-18-7-5-6-8-18;1-11-6-16(19)15-8-17(20-18(15)7-11)12(2)21-9-13-4-3-5-14(13)10-21;1-2;/h14,18-21H,2-13H2,1H3;6-8,13-14,20H,2-5,9-10H2,1H3;1-2H3;1H4. The van der Waals surface area contributed by atoms with Gasteiger partial charge in [-0.2, -0.15) is 0 Å². The van der Waals surface area contributed by atoms with Gasteiger partial charge in [0.15, 0.2) is 0 Å². The summed E-state index contributed by atoms with van der Waals surface area (Å²) in [5.41, 5.74) is 7.93. The Morgan fingerprint density at radius 1 is 1.00 bits per heavy atom. The molecule has 0 bridgehead atoms. The zero-order valence-electron chi connectivity index (χ0n) is 28.2. The molecular formula is C40H63ClN4. The van der Waals surface area contributed by atoms with Gasteiger partial charge in [-0.25, -0.2) is 0 Å². The van der Waals surface area contributed by atoms with Gasteiger partial charge in [0.1, 0.15) is 0 Å². The third-order valence-corrected chi connectivity index (χ3v) is 10.9. The van der Waals surface area contributed by atoms with Crippen molar-refractivity contribution in [1.29, 1.82) is 0 Å². The van der Waals surface area contributed by atoms with Gasteiger partial charge in [0.25, 0.3) is 0 Å². The number of aromatic amines is 1. The molecule has 250 valence electrons. The van der Waals surface area contributed by atoms with E-state index in [1.165, 1.54) is 87.7 Å². The zero-order chi connectivity index (χ0) is 31.8. The van der Waals surface area contributed by atoms with Crippen LogP contribution >= 0.6 is 11.6 Å². The van der Waals surface area contributed by atoms with E-state index in [1.54, 1.807) is 0 Å².